The Hall–Kier alpha value is -2.44. The summed E-state index contributed by atoms with van der Waals surface area (Å²) in [5.74, 6) is -1.24. The van der Waals surface area contributed by atoms with Crippen LogP contribution in [-0.4, -0.2) is 57.5 Å². The third-order valence-corrected chi connectivity index (χ3v) is 10.2. The number of benzene rings is 1. The predicted molar refractivity (Wildman–Crippen MR) is 179 cm³/mol. The van der Waals surface area contributed by atoms with Crippen LogP contribution in [0, 0.1) is 35.5 Å². The molecule has 0 radical (unpaired) electrons. The molecule has 0 amide bonds. The summed E-state index contributed by atoms with van der Waals surface area (Å²) in [6.07, 6.45) is 11.8. The summed E-state index contributed by atoms with van der Waals surface area (Å²) >= 11 is 0. The molecule has 0 aromatic heterocycles. The van der Waals surface area contributed by atoms with Crippen molar-refractivity contribution in [2.24, 2.45) is 45.5 Å². The lowest BCUT2D eigenvalue weighted by Gasteiger charge is -2.37. The summed E-state index contributed by atoms with van der Waals surface area (Å²) in [6, 6.07) is 9.98. The molecule has 4 unspecified atom stereocenters. The van der Waals surface area contributed by atoms with Crippen LogP contribution in [0.15, 0.2) is 52.0 Å². The molecule has 2 aliphatic heterocycles. The van der Waals surface area contributed by atoms with E-state index in [9.17, 15) is 19.8 Å². The van der Waals surface area contributed by atoms with Gasteiger partial charge in [0.15, 0.2) is 11.6 Å². The fourth-order valence-electron chi connectivity index (χ4n) is 7.93. The van der Waals surface area contributed by atoms with Gasteiger partial charge >= 0.3 is 0 Å². The first-order chi connectivity index (χ1) is 20.9. The van der Waals surface area contributed by atoms with Crippen molar-refractivity contribution >= 4 is 24.0 Å². The van der Waals surface area contributed by atoms with Crippen molar-refractivity contribution in [1.29, 1.82) is 0 Å². The Labute approximate surface area is 265 Å². The Morgan fingerprint density at radius 3 is 2.23 bits per heavy atom. The highest BCUT2D eigenvalue weighted by Gasteiger charge is 2.60. The molecule has 2 N–H and O–H groups in total. The van der Waals surface area contributed by atoms with Crippen LogP contribution < -0.4 is 0 Å². The number of rotatable bonds is 14. The molecule has 1 fully saturated rings. The molecule has 0 bridgehead atoms. The summed E-state index contributed by atoms with van der Waals surface area (Å²) < 4.78 is 0. The van der Waals surface area contributed by atoms with E-state index in [2.05, 4.69) is 19.9 Å². The number of aliphatic hydroxyl groups excluding tert-OH is 2. The molecule has 7 atom stereocenters. The van der Waals surface area contributed by atoms with Gasteiger partial charge in [0.05, 0.1) is 24.0 Å². The van der Waals surface area contributed by atoms with Gasteiger partial charge in [0.25, 0.3) is 0 Å². The van der Waals surface area contributed by atoms with Crippen LogP contribution in [0.5, 0.6) is 0 Å². The summed E-state index contributed by atoms with van der Waals surface area (Å²) in [4.78, 5) is 39.4. The number of carbonyl (C=O) groups excluding carboxylic acids is 2. The smallest absolute Gasteiger partial charge is 0.172 e. The highest BCUT2D eigenvalue weighted by molar-refractivity contribution is 6.16. The van der Waals surface area contributed by atoms with Gasteiger partial charge in [0.2, 0.25) is 0 Å². The molecule has 0 spiro atoms. The number of ketones is 2. The van der Waals surface area contributed by atoms with Crippen molar-refractivity contribution in [3.8, 4) is 0 Å². The number of nitrogens with zero attached hydrogens (tertiary/aromatic N) is 2. The SMILES string of the molecule is CC(C)=CC[C@]1(Cc2ccccc2)N=CC([C@]2(CC(C)C)N=CC([C@@H](CC3CCCCC3)C(O)C(O)CC(C)C)C2=O)C1=O. The van der Waals surface area contributed by atoms with Crippen LogP contribution in [0.4, 0.5) is 0 Å². The summed E-state index contributed by atoms with van der Waals surface area (Å²) in [6.45, 7) is 12.2. The van der Waals surface area contributed by atoms with E-state index in [4.69, 9.17) is 9.98 Å². The average molecular weight is 605 g/mol. The topological polar surface area (TPSA) is 99.3 Å². The van der Waals surface area contributed by atoms with Crippen molar-refractivity contribution in [3.63, 3.8) is 0 Å². The molecular formula is C38H56N2O4. The molecule has 0 saturated heterocycles. The Bertz CT molecular complexity index is 1210. The van der Waals surface area contributed by atoms with Gasteiger partial charge in [0.1, 0.15) is 11.1 Å². The van der Waals surface area contributed by atoms with Gasteiger partial charge in [0, 0.05) is 24.8 Å². The third kappa shape index (κ3) is 7.67. The first-order valence-corrected chi connectivity index (χ1v) is 17.1. The van der Waals surface area contributed by atoms with Crippen molar-refractivity contribution < 1.29 is 19.8 Å². The molecule has 2 heterocycles. The zero-order chi connectivity index (χ0) is 32.1. The number of allylic oxidation sites excluding steroid dienone is 1. The number of hydrogen-bond donors (Lipinski definition) is 2. The van der Waals surface area contributed by atoms with E-state index in [0.717, 1.165) is 36.8 Å². The molecule has 6 nitrogen and oxygen atoms in total. The van der Waals surface area contributed by atoms with E-state index in [1.54, 1.807) is 12.4 Å². The Balaban J connectivity index is 1.69. The van der Waals surface area contributed by atoms with E-state index in [1.807, 2.05) is 58.0 Å². The largest absolute Gasteiger partial charge is 0.390 e. The molecule has 1 aromatic rings. The second kappa shape index (κ2) is 14.8. The van der Waals surface area contributed by atoms with E-state index in [1.165, 1.54) is 6.42 Å². The highest BCUT2D eigenvalue weighted by atomic mass is 16.3. The van der Waals surface area contributed by atoms with Crippen molar-refractivity contribution in [3.05, 3.63) is 47.5 Å². The molecule has 1 aromatic carbocycles. The maximum Gasteiger partial charge on any atom is 0.172 e. The molecule has 1 saturated carbocycles. The van der Waals surface area contributed by atoms with Crippen LogP contribution in [0.2, 0.25) is 0 Å². The monoisotopic (exact) mass is 604 g/mol. The van der Waals surface area contributed by atoms with E-state index < -0.39 is 41.0 Å². The van der Waals surface area contributed by atoms with Crippen LogP contribution in [-0.2, 0) is 16.0 Å². The van der Waals surface area contributed by atoms with Crippen molar-refractivity contribution in [1.82, 2.24) is 0 Å². The van der Waals surface area contributed by atoms with Gasteiger partial charge in [-0.25, -0.2) is 0 Å². The lowest BCUT2D eigenvalue weighted by Crippen LogP contribution is -2.53. The van der Waals surface area contributed by atoms with Crippen LogP contribution in [0.1, 0.15) is 105 Å². The fourth-order valence-corrected chi connectivity index (χ4v) is 7.93. The van der Waals surface area contributed by atoms with Gasteiger partial charge in [-0.1, -0.05) is 102 Å². The zero-order valence-electron chi connectivity index (χ0n) is 27.9. The Kier molecular flexibility index (Phi) is 11.6. The van der Waals surface area contributed by atoms with Gasteiger partial charge in [-0.05, 0) is 62.8 Å². The number of aliphatic hydroxyl groups is 2. The normalized spacial score (nSPS) is 29.5. The maximum atomic E-state index is 14.8. The van der Waals surface area contributed by atoms with Crippen LogP contribution in [0.3, 0.4) is 0 Å². The highest BCUT2D eigenvalue weighted by Crippen LogP contribution is 2.46. The number of aliphatic imine (C=N–C) groups is 2. The van der Waals surface area contributed by atoms with Crippen molar-refractivity contribution in [2.45, 2.75) is 129 Å². The quantitative estimate of drug-likeness (QED) is 0.223. The minimum Gasteiger partial charge on any atom is -0.390 e. The van der Waals surface area contributed by atoms with E-state index >= 15 is 0 Å². The lowest BCUT2D eigenvalue weighted by atomic mass is 9.66. The van der Waals surface area contributed by atoms with Crippen LogP contribution >= 0.6 is 0 Å². The number of Topliss-reactive ketones (excluding diaryl/α,β-unsaturated/α-hetero) is 2. The van der Waals surface area contributed by atoms with Crippen molar-refractivity contribution in [2.75, 3.05) is 0 Å². The number of hydrogen-bond acceptors (Lipinski definition) is 6. The Morgan fingerprint density at radius 1 is 0.932 bits per heavy atom. The molecule has 242 valence electrons. The first-order valence-electron chi connectivity index (χ1n) is 17.1. The minimum atomic E-state index is -1.25. The van der Waals surface area contributed by atoms with E-state index in [-0.39, 0.29) is 23.4 Å². The predicted octanol–water partition coefficient (Wildman–Crippen LogP) is 7.00. The van der Waals surface area contributed by atoms with Gasteiger partial charge in [-0.3, -0.25) is 19.6 Å². The fraction of sp³-hybridized carbons (Fsp3) is 0.684. The maximum absolute atomic E-state index is 14.8. The van der Waals surface area contributed by atoms with Crippen LogP contribution in [0.25, 0.3) is 0 Å². The van der Waals surface area contributed by atoms with Gasteiger partial charge < -0.3 is 10.2 Å². The molecule has 3 aliphatic rings. The molecule has 1 aliphatic carbocycles. The molecule has 6 heteroatoms. The summed E-state index contributed by atoms with van der Waals surface area (Å²) in [5, 5.41) is 22.7. The minimum absolute atomic E-state index is 0.0464. The average Bonchev–Trinajstić information content (AvgIpc) is 3.47. The standard InChI is InChI=1S/C38H56N2O4/c1-25(2)17-18-37(22-29-15-11-8-12-16-29)36(44)32(24-39-37)38(21-27(5)6)35(43)31(23-40-38)30(20-28-13-9-7-10-14-28)34(42)33(41)19-26(3)4/h8,11-12,15-17,23-24,26-28,30-34,41-42H,7,9-10,13-14,18-22H2,1-6H3/t30-,31?,32?,33?,34?,37-,38+/m1/s1. The Morgan fingerprint density at radius 2 is 1.61 bits per heavy atom. The lowest BCUT2D eigenvalue weighted by molar-refractivity contribution is -0.136. The number of carbonyl (C=O) groups is 2. The second-order valence-corrected chi connectivity index (χ2v) is 15.1. The van der Waals surface area contributed by atoms with E-state index in [0.29, 0.717) is 38.0 Å². The summed E-state index contributed by atoms with van der Waals surface area (Å²) in [5.41, 5.74) is -0.0885. The molecule has 4 rings (SSSR count). The zero-order valence-corrected chi connectivity index (χ0v) is 27.9. The third-order valence-electron chi connectivity index (χ3n) is 10.2. The van der Waals surface area contributed by atoms with Gasteiger partial charge in [-0.15, -0.1) is 0 Å². The van der Waals surface area contributed by atoms with Gasteiger partial charge in [-0.2, -0.15) is 0 Å². The second-order valence-electron chi connectivity index (χ2n) is 15.1. The molecule has 44 heavy (non-hydrogen) atoms. The first kappa shape index (κ1) is 34.4. The summed E-state index contributed by atoms with van der Waals surface area (Å²) in [7, 11) is 0. The molecular weight excluding hydrogens is 548 g/mol.